The Hall–Kier alpha value is -1.71. The zero-order valence-electron chi connectivity index (χ0n) is 12.1. The van der Waals surface area contributed by atoms with Crippen LogP contribution in [-0.2, 0) is 10.0 Å². The number of nitrogens with one attached hydrogen (secondary N) is 1. The van der Waals surface area contributed by atoms with Crippen LogP contribution < -0.4 is 11.1 Å². The van der Waals surface area contributed by atoms with E-state index in [-0.39, 0.29) is 10.6 Å². The van der Waals surface area contributed by atoms with Crippen LogP contribution in [-0.4, -0.2) is 44.8 Å². The first-order valence-corrected chi connectivity index (χ1v) is 7.89. The maximum absolute atomic E-state index is 12.0. The van der Waals surface area contributed by atoms with E-state index in [4.69, 9.17) is 5.73 Å². The molecule has 3 N–H and O–H groups in total. The summed E-state index contributed by atoms with van der Waals surface area (Å²) in [6.45, 7) is 1.10. The molecule has 0 atom stereocenters. The van der Waals surface area contributed by atoms with Crippen molar-refractivity contribution in [1.29, 1.82) is 0 Å². The third kappa shape index (κ3) is 4.38. The molecule has 0 unspecified atom stereocenters. The highest BCUT2D eigenvalue weighted by Crippen LogP contribution is 2.28. The molecule has 21 heavy (non-hydrogen) atoms. The van der Waals surface area contributed by atoms with Crippen molar-refractivity contribution in [2.45, 2.75) is 17.7 Å². The minimum absolute atomic E-state index is 0.105. The SMILES string of the molecule is CN(C)S(=O)(=O)c1ccc(NCCCCN)c([N+](=O)[O-])c1. The van der Waals surface area contributed by atoms with Crippen LogP contribution in [0.4, 0.5) is 11.4 Å². The Balaban J connectivity index is 3.06. The van der Waals surface area contributed by atoms with Gasteiger partial charge in [0.15, 0.2) is 0 Å². The summed E-state index contributed by atoms with van der Waals surface area (Å²) in [4.78, 5) is 10.4. The largest absolute Gasteiger partial charge is 0.379 e. The van der Waals surface area contributed by atoms with Crippen molar-refractivity contribution in [3.05, 3.63) is 28.3 Å². The van der Waals surface area contributed by atoms with E-state index in [1.807, 2.05) is 0 Å². The van der Waals surface area contributed by atoms with E-state index >= 15 is 0 Å². The van der Waals surface area contributed by atoms with Gasteiger partial charge >= 0.3 is 0 Å². The molecular formula is C12H20N4O4S. The van der Waals surface area contributed by atoms with Gasteiger partial charge in [-0.2, -0.15) is 0 Å². The first kappa shape index (κ1) is 17.3. The van der Waals surface area contributed by atoms with Gasteiger partial charge in [-0.1, -0.05) is 0 Å². The number of nitrogens with two attached hydrogens (primary N) is 1. The van der Waals surface area contributed by atoms with Gasteiger partial charge in [0.25, 0.3) is 5.69 Å². The van der Waals surface area contributed by atoms with Gasteiger partial charge in [-0.15, -0.1) is 0 Å². The Labute approximate surface area is 124 Å². The fourth-order valence-electron chi connectivity index (χ4n) is 1.68. The van der Waals surface area contributed by atoms with Crippen molar-refractivity contribution >= 4 is 21.4 Å². The summed E-state index contributed by atoms with van der Waals surface area (Å²) in [6, 6.07) is 3.84. The van der Waals surface area contributed by atoms with Crippen LogP contribution in [0.25, 0.3) is 0 Å². The molecule has 1 rings (SSSR count). The van der Waals surface area contributed by atoms with E-state index in [1.54, 1.807) is 0 Å². The highest BCUT2D eigenvalue weighted by atomic mass is 32.2. The van der Waals surface area contributed by atoms with Crippen LogP contribution in [0, 0.1) is 10.1 Å². The minimum atomic E-state index is -3.69. The first-order chi connectivity index (χ1) is 9.80. The molecule has 0 aliphatic heterocycles. The highest BCUT2D eigenvalue weighted by Gasteiger charge is 2.22. The molecule has 0 radical (unpaired) electrons. The molecule has 0 heterocycles. The number of hydrogen-bond donors (Lipinski definition) is 2. The lowest BCUT2D eigenvalue weighted by Crippen LogP contribution is -2.22. The summed E-state index contributed by atoms with van der Waals surface area (Å²) in [5, 5.41) is 14.0. The van der Waals surface area contributed by atoms with Gasteiger partial charge in [0.1, 0.15) is 5.69 Å². The molecule has 1 aromatic rings. The molecule has 8 nitrogen and oxygen atoms in total. The monoisotopic (exact) mass is 316 g/mol. The van der Waals surface area contributed by atoms with Gasteiger partial charge in [0.2, 0.25) is 10.0 Å². The van der Waals surface area contributed by atoms with Crippen molar-refractivity contribution in [3.63, 3.8) is 0 Å². The predicted molar refractivity (Wildman–Crippen MR) is 80.7 cm³/mol. The Kier molecular flexibility index (Phi) is 6.06. The third-order valence-electron chi connectivity index (χ3n) is 2.89. The molecule has 0 saturated carbocycles. The third-order valence-corrected chi connectivity index (χ3v) is 4.70. The van der Waals surface area contributed by atoms with E-state index in [0.717, 1.165) is 23.2 Å². The summed E-state index contributed by atoms with van der Waals surface area (Å²) in [6.07, 6.45) is 1.60. The number of benzene rings is 1. The van der Waals surface area contributed by atoms with Crippen LogP contribution in [0.15, 0.2) is 23.1 Å². The second kappa shape index (κ2) is 7.34. The summed E-state index contributed by atoms with van der Waals surface area (Å²) in [5.74, 6) is 0. The van der Waals surface area contributed by atoms with Crippen LogP contribution in [0.3, 0.4) is 0 Å². The average Bonchev–Trinajstić information content (AvgIpc) is 2.43. The van der Waals surface area contributed by atoms with E-state index in [1.165, 1.54) is 26.2 Å². The molecule has 0 fully saturated rings. The zero-order valence-corrected chi connectivity index (χ0v) is 12.9. The van der Waals surface area contributed by atoms with Crippen LogP contribution in [0.2, 0.25) is 0 Å². The molecule has 0 spiro atoms. The van der Waals surface area contributed by atoms with Gasteiger partial charge in [0.05, 0.1) is 9.82 Å². The fraction of sp³-hybridized carbons (Fsp3) is 0.500. The number of nitrogens with zero attached hydrogens (tertiary/aromatic N) is 2. The van der Waals surface area contributed by atoms with Crippen LogP contribution in [0.5, 0.6) is 0 Å². The van der Waals surface area contributed by atoms with Gasteiger partial charge in [0, 0.05) is 26.7 Å². The Morgan fingerprint density at radius 1 is 1.33 bits per heavy atom. The van der Waals surface area contributed by atoms with Crippen molar-refractivity contribution in [1.82, 2.24) is 4.31 Å². The predicted octanol–water partition coefficient (Wildman–Crippen LogP) is 0.996. The van der Waals surface area contributed by atoms with Crippen molar-refractivity contribution in [2.75, 3.05) is 32.5 Å². The molecule has 0 saturated heterocycles. The van der Waals surface area contributed by atoms with Crippen LogP contribution >= 0.6 is 0 Å². The number of unbranched alkanes of at least 4 members (excludes halogenated alkanes) is 1. The summed E-state index contributed by atoms with van der Waals surface area (Å²) < 4.78 is 25.0. The molecule has 0 bridgehead atoms. The summed E-state index contributed by atoms with van der Waals surface area (Å²) >= 11 is 0. The second-order valence-electron chi connectivity index (χ2n) is 4.65. The molecular weight excluding hydrogens is 296 g/mol. The highest BCUT2D eigenvalue weighted by molar-refractivity contribution is 7.89. The molecule has 1 aromatic carbocycles. The standard InChI is InChI=1S/C12H20N4O4S/c1-15(2)21(19,20)10-5-6-11(12(9-10)16(17)18)14-8-4-3-7-13/h5-6,9,14H,3-4,7-8,13H2,1-2H3. The Morgan fingerprint density at radius 2 is 2.00 bits per heavy atom. The molecule has 0 aliphatic rings. The van der Waals surface area contributed by atoms with E-state index in [0.29, 0.717) is 18.8 Å². The van der Waals surface area contributed by atoms with E-state index in [2.05, 4.69) is 5.32 Å². The van der Waals surface area contributed by atoms with E-state index in [9.17, 15) is 18.5 Å². The topological polar surface area (TPSA) is 119 Å². The number of nitro benzene ring substituents is 1. The molecule has 9 heteroatoms. The molecule has 0 aromatic heterocycles. The second-order valence-corrected chi connectivity index (χ2v) is 6.80. The summed E-state index contributed by atoms with van der Waals surface area (Å²) in [5.41, 5.74) is 5.42. The van der Waals surface area contributed by atoms with Crippen LogP contribution in [0.1, 0.15) is 12.8 Å². The number of rotatable bonds is 8. The number of hydrogen-bond acceptors (Lipinski definition) is 6. The average molecular weight is 316 g/mol. The molecule has 0 amide bonds. The lowest BCUT2D eigenvalue weighted by atomic mass is 10.2. The molecule has 118 valence electrons. The van der Waals surface area contributed by atoms with Crippen molar-refractivity contribution in [2.24, 2.45) is 5.73 Å². The maximum Gasteiger partial charge on any atom is 0.293 e. The minimum Gasteiger partial charge on any atom is -0.379 e. The van der Waals surface area contributed by atoms with Gasteiger partial charge < -0.3 is 11.1 Å². The van der Waals surface area contributed by atoms with Gasteiger partial charge in [-0.05, 0) is 31.5 Å². The lowest BCUT2D eigenvalue weighted by molar-refractivity contribution is -0.384. The maximum atomic E-state index is 12.0. The number of anilines is 1. The fourth-order valence-corrected chi connectivity index (χ4v) is 2.60. The Morgan fingerprint density at radius 3 is 2.52 bits per heavy atom. The first-order valence-electron chi connectivity index (χ1n) is 6.45. The number of sulfonamides is 1. The Bertz CT molecular complexity index is 601. The van der Waals surface area contributed by atoms with E-state index < -0.39 is 14.9 Å². The zero-order chi connectivity index (χ0) is 16.0. The lowest BCUT2D eigenvalue weighted by Gasteiger charge is -2.12. The molecule has 0 aliphatic carbocycles. The smallest absolute Gasteiger partial charge is 0.293 e. The summed E-state index contributed by atoms with van der Waals surface area (Å²) in [7, 11) is -0.944. The number of nitro groups is 1. The normalized spacial score (nSPS) is 11.6. The van der Waals surface area contributed by atoms with Crippen molar-refractivity contribution in [3.8, 4) is 0 Å². The quantitative estimate of drug-likeness (QED) is 0.419. The van der Waals surface area contributed by atoms with Crippen molar-refractivity contribution < 1.29 is 13.3 Å². The van der Waals surface area contributed by atoms with Gasteiger partial charge in [-0.3, -0.25) is 10.1 Å². The van der Waals surface area contributed by atoms with Gasteiger partial charge in [-0.25, -0.2) is 12.7 Å².